The summed E-state index contributed by atoms with van der Waals surface area (Å²) in [6, 6.07) is 7.83. The Bertz CT molecular complexity index is 593. The summed E-state index contributed by atoms with van der Waals surface area (Å²) in [7, 11) is 5.70. The van der Waals surface area contributed by atoms with Gasteiger partial charge in [0.25, 0.3) is 0 Å². The average Bonchev–Trinajstić information content (AvgIpc) is 3.18. The smallest absolute Gasteiger partial charge is 0.227 e. The van der Waals surface area contributed by atoms with E-state index in [2.05, 4.69) is 4.90 Å². The minimum atomic E-state index is 0.0710. The van der Waals surface area contributed by atoms with Gasteiger partial charge in [-0.1, -0.05) is 12.1 Å². The van der Waals surface area contributed by atoms with Gasteiger partial charge in [-0.2, -0.15) is 0 Å². The Labute approximate surface area is 149 Å². The lowest BCUT2D eigenvalue weighted by atomic mass is 10.0. The van der Waals surface area contributed by atoms with Crippen molar-refractivity contribution in [2.45, 2.75) is 18.6 Å². The molecule has 25 heavy (non-hydrogen) atoms. The van der Waals surface area contributed by atoms with E-state index in [4.69, 9.17) is 14.2 Å². The van der Waals surface area contributed by atoms with E-state index in [1.165, 1.54) is 0 Å². The number of ether oxygens (including phenoxy) is 3. The number of carbonyl (C=O) groups excluding carboxylic acids is 1. The largest absolute Gasteiger partial charge is 0.497 e. The van der Waals surface area contributed by atoms with Gasteiger partial charge in [0, 0.05) is 19.0 Å². The fourth-order valence-electron chi connectivity index (χ4n) is 3.61. The van der Waals surface area contributed by atoms with Crippen LogP contribution >= 0.6 is 0 Å². The molecule has 0 unspecified atom stereocenters. The van der Waals surface area contributed by atoms with Crippen LogP contribution in [0.4, 0.5) is 0 Å². The summed E-state index contributed by atoms with van der Waals surface area (Å²) >= 11 is 0. The minimum absolute atomic E-state index is 0.0710. The van der Waals surface area contributed by atoms with E-state index in [1.807, 2.05) is 43.3 Å². The lowest BCUT2D eigenvalue weighted by molar-refractivity contribution is -0.132. The van der Waals surface area contributed by atoms with Gasteiger partial charge in [0.1, 0.15) is 5.75 Å². The van der Waals surface area contributed by atoms with E-state index in [0.717, 1.165) is 17.9 Å². The number of likely N-dealkylation sites (tertiary alicyclic amines) is 1. The summed E-state index contributed by atoms with van der Waals surface area (Å²) in [6.45, 7) is 3.52. The standard InChI is InChI=1S/C19H28N2O4/c1-20(2)7-8-25-18-11-21(17-13-24-12-16(17)18)19(22)10-14-5-4-6-15(9-14)23-3/h4-6,9,16-18H,7-8,10-13H2,1-3H3/t16-,17+,18-/m1/s1. The van der Waals surface area contributed by atoms with E-state index < -0.39 is 0 Å². The Balaban J connectivity index is 1.61. The van der Waals surface area contributed by atoms with Gasteiger partial charge >= 0.3 is 0 Å². The van der Waals surface area contributed by atoms with Gasteiger partial charge in [-0.15, -0.1) is 0 Å². The Morgan fingerprint density at radius 1 is 1.36 bits per heavy atom. The van der Waals surface area contributed by atoms with Gasteiger partial charge in [0.2, 0.25) is 5.91 Å². The van der Waals surface area contributed by atoms with Crippen LogP contribution in [0.1, 0.15) is 5.56 Å². The van der Waals surface area contributed by atoms with Crippen molar-refractivity contribution in [3.63, 3.8) is 0 Å². The molecule has 0 saturated carbocycles. The predicted molar refractivity (Wildman–Crippen MR) is 94.8 cm³/mol. The molecule has 0 aromatic heterocycles. The van der Waals surface area contributed by atoms with Crippen LogP contribution in [0.2, 0.25) is 0 Å². The zero-order valence-electron chi connectivity index (χ0n) is 15.3. The summed E-state index contributed by atoms with van der Waals surface area (Å²) in [5, 5.41) is 0. The molecule has 3 atom stereocenters. The zero-order valence-corrected chi connectivity index (χ0v) is 15.3. The van der Waals surface area contributed by atoms with Crippen LogP contribution < -0.4 is 4.74 Å². The zero-order chi connectivity index (χ0) is 17.8. The number of nitrogens with zero attached hydrogens (tertiary/aromatic N) is 2. The second-order valence-electron chi connectivity index (χ2n) is 7.06. The lowest BCUT2D eigenvalue weighted by Gasteiger charge is -2.22. The van der Waals surface area contributed by atoms with Crippen molar-refractivity contribution < 1.29 is 19.0 Å². The molecule has 2 aliphatic heterocycles. The molecule has 2 heterocycles. The number of hydrogen-bond acceptors (Lipinski definition) is 5. The first kappa shape index (κ1) is 18.2. The first-order valence-electron chi connectivity index (χ1n) is 8.85. The highest BCUT2D eigenvalue weighted by molar-refractivity contribution is 5.79. The molecule has 3 rings (SSSR count). The molecule has 1 aromatic rings. The highest BCUT2D eigenvalue weighted by atomic mass is 16.5. The molecule has 2 aliphatic rings. The number of methoxy groups -OCH3 is 1. The molecule has 6 heteroatoms. The Kier molecular flexibility index (Phi) is 5.93. The van der Waals surface area contributed by atoms with Crippen LogP contribution in [0.5, 0.6) is 5.75 Å². The number of rotatable bonds is 7. The maximum Gasteiger partial charge on any atom is 0.227 e. The van der Waals surface area contributed by atoms with Gasteiger partial charge in [0.05, 0.1) is 45.5 Å². The number of benzene rings is 1. The molecular weight excluding hydrogens is 320 g/mol. The molecule has 6 nitrogen and oxygen atoms in total. The summed E-state index contributed by atoms with van der Waals surface area (Å²) < 4.78 is 16.9. The fourth-order valence-corrected chi connectivity index (χ4v) is 3.61. The van der Waals surface area contributed by atoms with E-state index in [0.29, 0.717) is 32.8 Å². The van der Waals surface area contributed by atoms with Crippen molar-refractivity contribution in [2.75, 3.05) is 54.1 Å². The van der Waals surface area contributed by atoms with Crippen LogP contribution in [-0.2, 0) is 20.7 Å². The van der Waals surface area contributed by atoms with Crippen molar-refractivity contribution >= 4 is 5.91 Å². The van der Waals surface area contributed by atoms with E-state index in [-0.39, 0.29) is 24.0 Å². The topological polar surface area (TPSA) is 51.2 Å². The first-order valence-corrected chi connectivity index (χ1v) is 8.85. The van der Waals surface area contributed by atoms with Crippen molar-refractivity contribution in [1.29, 1.82) is 0 Å². The molecule has 1 aromatic carbocycles. The van der Waals surface area contributed by atoms with Crippen LogP contribution in [0, 0.1) is 5.92 Å². The molecule has 0 radical (unpaired) electrons. The molecule has 138 valence electrons. The normalized spacial score (nSPS) is 25.4. The molecule has 1 amide bonds. The molecule has 0 N–H and O–H groups in total. The van der Waals surface area contributed by atoms with Gasteiger partial charge in [-0.3, -0.25) is 4.79 Å². The second-order valence-corrected chi connectivity index (χ2v) is 7.06. The summed E-state index contributed by atoms with van der Waals surface area (Å²) in [5.41, 5.74) is 0.969. The summed E-state index contributed by atoms with van der Waals surface area (Å²) in [6.07, 6.45) is 0.451. The number of likely N-dealkylation sites (N-methyl/N-ethyl adjacent to an activating group) is 1. The minimum Gasteiger partial charge on any atom is -0.497 e. The van der Waals surface area contributed by atoms with Crippen molar-refractivity contribution in [2.24, 2.45) is 5.92 Å². The number of amides is 1. The molecule has 2 saturated heterocycles. The lowest BCUT2D eigenvalue weighted by Crippen LogP contribution is -2.39. The maximum atomic E-state index is 12.9. The summed E-state index contributed by atoms with van der Waals surface area (Å²) in [5.74, 6) is 1.20. The first-order chi connectivity index (χ1) is 12.1. The third-order valence-corrected chi connectivity index (χ3v) is 5.03. The highest BCUT2D eigenvalue weighted by Crippen LogP contribution is 2.32. The molecule has 0 bridgehead atoms. The van der Waals surface area contributed by atoms with Crippen molar-refractivity contribution in [1.82, 2.24) is 9.80 Å². The van der Waals surface area contributed by atoms with Crippen LogP contribution in [0.25, 0.3) is 0 Å². The Morgan fingerprint density at radius 3 is 2.96 bits per heavy atom. The number of carbonyl (C=O) groups is 1. The van der Waals surface area contributed by atoms with Gasteiger partial charge < -0.3 is 24.0 Å². The second kappa shape index (κ2) is 8.17. The maximum absolute atomic E-state index is 12.9. The van der Waals surface area contributed by atoms with Crippen LogP contribution in [0.15, 0.2) is 24.3 Å². The fraction of sp³-hybridized carbons (Fsp3) is 0.632. The van der Waals surface area contributed by atoms with E-state index >= 15 is 0 Å². The Morgan fingerprint density at radius 2 is 2.20 bits per heavy atom. The van der Waals surface area contributed by atoms with Crippen molar-refractivity contribution in [3.8, 4) is 5.75 Å². The van der Waals surface area contributed by atoms with Crippen LogP contribution in [0.3, 0.4) is 0 Å². The molecule has 0 aliphatic carbocycles. The van der Waals surface area contributed by atoms with Crippen molar-refractivity contribution in [3.05, 3.63) is 29.8 Å². The summed E-state index contributed by atoms with van der Waals surface area (Å²) in [4.78, 5) is 16.9. The SMILES string of the molecule is COc1cccc(CC(=O)N2C[C@@H](OCCN(C)C)[C@@H]3COC[C@@H]32)c1. The van der Waals surface area contributed by atoms with Gasteiger partial charge in [-0.25, -0.2) is 0 Å². The number of fused-ring (bicyclic) bond motifs is 1. The molecular formula is C19H28N2O4. The third-order valence-electron chi connectivity index (χ3n) is 5.03. The predicted octanol–water partition coefficient (Wildman–Crippen LogP) is 1.04. The Hall–Kier alpha value is -1.63. The molecule has 0 spiro atoms. The monoisotopic (exact) mass is 348 g/mol. The van der Waals surface area contributed by atoms with E-state index in [1.54, 1.807) is 7.11 Å². The quantitative estimate of drug-likeness (QED) is 0.737. The van der Waals surface area contributed by atoms with Gasteiger partial charge in [-0.05, 0) is 31.8 Å². The number of hydrogen-bond donors (Lipinski definition) is 0. The average molecular weight is 348 g/mol. The highest BCUT2D eigenvalue weighted by Gasteiger charge is 2.47. The van der Waals surface area contributed by atoms with Crippen LogP contribution in [-0.4, -0.2) is 82.0 Å². The molecule has 2 fully saturated rings. The van der Waals surface area contributed by atoms with Gasteiger partial charge in [0.15, 0.2) is 0 Å². The third kappa shape index (κ3) is 4.32. The van der Waals surface area contributed by atoms with E-state index in [9.17, 15) is 4.79 Å².